The van der Waals surface area contributed by atoms with Gasteiger partial charge in [0.05, 0.1) is 18.7 Å². The molecule has 2 aromatic rings. The summed E-state index contributed by atoms with van der Waals surface area (Å²) in [5.41, 5.74) is 1.87. The zero-order valence-corrected chi connectivity index (χ0v) is 17.2. The molecule has 1 aliphatic rings. The molecule has 0 radical (unpaired) electrons. The number of amidine groups is 1. The molecule has 1 unspecified atom stereocenters. The van der Waals surface area contributed by atoms with E-state index in [-0.39, 0.29) is 17.4 Å². The fourth-order valence-corrected chi connectivity index (χ4v) is 3.45. The van der Waals surface area contributed by atoms with E-state index in [1.54, 1.807) is 19.2 Å². The molecule has 150 valence electrons. The summed E-state index contributed by atoms with van der Waals surface area (Å²) >= 11 is 0. The fraction of sp³-hybridized carbons (Fsp3) is 0.435. The maximum absolute atomic E-state index is 13.9. The van der Waals surface area contributed by atoms with Crippen LogP contribution in [0.1, 0.15) is 44.4 Å². The second-order valence-corrected chi connectivity index (χ2v) is 8.21. The Bertz CT molecular complexity index is 811. The molecular weight excluding hydrogens is 353 g/mol. The Hall–Kier alpha value is -2.40. The van der Waals surface area contributed by atoms with E-state index >= 15 is 0 Å². The zero-order chi connectivity index (χ0) is 20.1. The van der Waals surface area contributed by atoms with Gasteiger partial charge in [-0.05, 0) is 69.1 Å². The van der Waals surface area contributed by atoms with Gasteiger partial charge in [0, 0.05) is 13.1 Å². The molecule has 1 N–H and O–H groups in total. The summed E-state index contributed by atoms with van der Waals surface area (Å²) in [5, 5.41) is 3.57. The topological polar surface area (TPSA) is 36.9 Å². The molecule has 28 heavy (non-hydrogen) atoms. The van der Waals surface area contributed by atoms with E-state index in [9.17, 15) is 4.39 Å². The highest BCUT2D eigenvalue weighted by molar-refractivity contribution is 5.89. The number of aliphatic imine (C=N–C) groups is 1. The van der Waals surface area contributed by atoms with Gasteiger partial charge in [0.15, 0.2) is 0 Å². The van der Waals surface area contributed by atoms with E-state index in [0.717, 1.165) is 43.2 Å². The van der Waals surface area contributed by atoms with Crippen molar-refractivity contribution in [2.45, 2.75) is 45.3 Å². The third kappa shape index (κ3) is 5.32. The molecule has 1 aliphatic heterocycles. The average molecular weight is 384 g/mol. The molecule has 1 saturated heterocycles. The number of nitrogens with one attached hydrogen (secondary N) is 1. The average Bonchev–Trinajstić information content (AvgIpc) is 2.84. The Kier molecular flexibility index (Phi) is 6.35. The lowest BCUT2D eigenvalue weighted by Crippen LogP contribution is -2.39. The molecule has 5 heteroatoms. The number of methoxy groups -OCH3 is 1. The first-order valence-electron chi connectivity index (χ1n) is 9.82. The first-order chi connectivity index (χ1) is 13.4. The predicted octanol–water partition coefficient (Wildman–Crippen LogP) is 4.57. The molecule has 2 aromatic carbocycles. The van der Waals surface area contributed by atoms with Crippen LogP contribution in [0.25, 0.3) is 0 Å². The van der Waals surface area contributed by atoms with Crippen molar-refractivity contribution in [3.05, 3.63) is 65.5 Å². The minimum atomic E-state index is -0.231. The molecule has 0 aromatic heterocycles. The van der Waals surface area contributed by atoms with Crippen molar-refractivity contribution < 1.29 is 9.13 Å². The monoisotopic (exact) mass is 383 g/mol. The normalized spacial score (nSPS) is 19.5. The van der Waals surface area contributed by atoms with Gasteiger partial charge in [0.2, 0.25) is 0 Å². The van der Waals surface area contributed by atoms with Crippen molar-refractivity contribution in [1.29, 1.82) is 0 Å². The molecule has 1 fully saturated rings. The van der Waals surface area contributed by atoms with Crippen molar-refractivity contribution in [2.24, 2.45) is 4.99 Å². The molecule has 0 spiro atoms. The minimum absolute atomic E-state index is 0.129. The second kappa shape index (κ2) is 8.74. The predicted molar refractivity (Wildman–Crippen MR) is 112 cm³/mol. The molecule has 0 saturated carbocycles. The SMILES string of the molecule is COc1ccc(CN2CCCNC(c3cccc(F)c3)C2=NC(C)(C)C)cc1. The summed E-state index contributed by atoms with van der Waals surface area (Å²) in [7, 11) is 1.67. The molecule has 3 rings (SSSR count). The Labute approximate surface area is 167 Å². The van der Waals surface area contributed by atoms with E-state index in [2.05, 4.69) is 43.1 Å². The van der Waals surface area contributed by atoms with Gasteiger partial charge in [-0.15, -0.1) is 0 Å². The Morgan fingerprint density at radius 1 is 1.18 bits per heavy atom. The highest BCUT2D eigenvalue weighted by Gasteiger charge is 2.28. The molecular formula is C23H30FN3O. The van der Waals surface area contributed by atoms with Gasteiger partial charge in [-0.1, -0.05) is 24.3 Å². The van der Waals surface area contributed by atoms with Gasteiger partial charge < -0.3 is 15.0 Å². The maximum Gasteiger partial charge on any atom is 0.123 e. The van der Waals surface area contributed by atoms with Gasteiger partial charge in [-0.25, -0.2) is 4.39 Å². The first-order valence-corrected chi connectivity index (χ1v) is 9.82. The summed E-state index contributed by atoms with van der Waals surface area (Å²) in [6.07, 6.45) is 1.01. The molecule has 1 heterocycles. The van der Waals surface area contributed by atoms with Gasteiger partial charge in [-0.2, -0.15) is 0 Å². The fourth-order valence-electron chi connectivity index (χ4n) is 3.45. The lowest BCUT2D eigenvalue weighted by Gasteiger charge is -2.31. The van der Waals surface area contributed by atoms with Gasteiger partial charge in [0.25, 0.3) is 0 Å². The summed E-state index contributed by atoms with van der Waals surface area (Å²) in [5.74, 6) is 1.59. The lowest BCUT2D eigenvalue weighted by atomic mass is 10.0. The van der Waals surface area contributed by atoms with Gasteiger partial charge in [-0.3, -0.25) is 4.99 Å². The Morgan fingerprint density at radius 2 is 1.93 bits per heavy atom. The van der Waals surface area contributed by atoms with Crippen LogP contribution in [-0.4, -0.2) is 36.5 Å². The van der Waals surface area contributed by atoms with E-state index in [4.69, 9.17) is 9.73 Å². The van der Waals surface area contributed by atoms with E-state index in [1.807, 2.05) is 18.2 Å². The van der Waals surface area contributed by atoms with Crippen LogP contribution in [0.5, 0.6) is 5.75 Å². The zero-order valence-electron chi connectivity index (χ0n) is 17.2. The van der Waals surface area contributed by atoms with Crippen LogP contribution in [-0.2, 0) is 6.54 Å². The number of benzene rings is 2. The summed E-state index contributed by atoms with van der Waals surface area (Å²) in [4.78, 5) is 7.38. The van der Waals surface area contributed by atoms with Crippen molar-refractivity contribution >= 4 is 5.84 Å². The van der Waals surface area contributed by atoms with Crippen molar-refractivity contribution in [1.82, 2.24) is 10.2 Å². The first kappa shape index (κ1) is 20.3. The van der Waals surface area contributed by atoms with Gasteiger partial charge in [0.1, 0.15) is 17.4 Å². The molecule has 0 amide bonds. The van der Waals surface area contributed by atoms with E-state index < -0.39 is 0 Å². The van der Waals surface area contributed by atoms with Crippen molar-refractivity contribution in [2.75, 3.05) is 20.2 Å². The van der Waals surface area contributed by atoms with E-state index in [1.165, 1.54) is 11.6 Å². The molecule has 1 atom stereocenters. The van der Waals surface area contributed by atoms with Crippen LogP contribution in [0.15, 0.2) is 53.5 Å². The summed E-state index contributed by atoms with van der Waals surface area (Å²) in [6, 6.07) is 14.8. The number of ether oxygens (including phenoxy) is 1. The van der Waals surface area contributed by atoms with Crippen LogP contribution in [0.2, 0.25) is 0 Å². The highest BCUT2D eigenvalue weighted by Crippen LogP contribution is 2.25. The molecule has 4 nitrogen and oxygen atoms in total. The molecule has 0 aliphatic carbocycles. The third-order valence-corrected chi connectivity index (χ3v) is 4.70. The largest absolute Gasteiger partial charge is 0.497 e. The van der Waals surface area contributed by atoms with Crippen LogP contribution in [0.4, 0.5) is 4.39 Å². The van der Waals surface area contributed by atoms with Crippen LogP contribution in [0.3, 0.4) is 0 Å². The summed E-state index contributed by atoms with van der Waals surface area (Å²) in [6.45, 7) is 8.81. The standard InChI is InChI=1S/C23H30FN3O/c1-23(2,3)26-22-21(18-7-5-8-19(24)15-18)25-13-6-14-27(22)16-17-9-11-20(28-4)12-10-17/h5,7-12,15,21,25H,6,13-14,16H2,1-4H3. The maximum atomic E-state index is 13.9. The highest BCUT2D eigenvalue weighted by atomic mass is 19.1. The number of nitrogens with zero attached hydrogens (tertiary/aromatic N) is 2. The summed E-state index contributed by atoms with van der Waals surface area (Å²) < 4.78 is 19.2. The number of hydrogen-bond acceptors (Lipinski definition) is 3. The smallest absolute Gasteiger partial charge is 0.123 e. The molecule has 0 bridgehead atoms. The minimum Gasteiger partial charge on any atom is -0.497 e. The second-order valence-electron chi connectivity index (χ2n) is 8.21. The number of hydrogen-bond donors (Lipinski definition) is 1. The Balaban J connectivity index is 1.96. The van der Waals surface area contributed by atoms with E-state index in [0.29, 0.717) is 0 Å². The van der Waals surface area contributed by atoms with Crippen molar-refractivity contribution in [3.8, 4) is 5.75 Å². The van der Waals surface area contributed by atoms with Crippen LogP contribution < -0.4 is 10.1 Å². The quantitative estimate of drug-likeness (QED) is 0.840. The lowest BCUT2D eigenvalue weighted by molar-refractivity contribution is 0.398. The van der Waals surface area contributed by atoms with Crippen LogP contribution >= 0.6 is 0 Å². The number of halogens is 1. The number of rotatable bonds is 4. The van der Waals surface area contributed by atoms with Crippen molar-refractivity contribution in [3.63, 3.8) is 0 Å². The Morgan fingerprint density at radius 3 is 2.57 bits per heavy atom. The van der Waals surface area contributed by atoms with Gasteiger partial charge >= 0.3 is 0 Å². The third-order valence-electron chi connectivity index (χ3n) is 4.70. The van der Waals surface area contributed by atoms with Crippen LogP contribution in [0, 0.1) is 5.82 Å².